The van der Waals surface area contributed by atoms with Crippen molar-refractivity contribution in [2.24, 2.45) is 5.92 Å². The fourth-order valence-corrected chi connectivity index (χ4v) is 2.00. The summed E-state index contributed by atoms with van der Waals surface area (Å²) in [7, 11) is 0. The lowest BCUT2D eigenvalue weighted by Crippen LogP contribution is -2.46. The number of carboxylic acids is 1. The van der Waals surface area contributed by atoms with E-state index in [1.165, 1.54) is 0 Å². The second-order valence-electron chi connectivity index (χ2n) is 5.13. The van der Waals surface area contributed by atoms with Crippen LogP contribution in [0, 0.1) is 5.92 Å². The lowest BCUT2D eigenvalue weighted by molar-refractivity contribution is -0.140. The van der Waals surface area contributed by atoms with Crippen LogP contribution in [0.2, 0.25) is 0 Å². The van der Waals surface area contributed by atoms with Crippen molar-refractivity contribution in [2.45, 2.75) is 46.1 Å². The molecule has 21 heavy (non-hydrogen) atoms. The molecule has 1 aromatic carbocycles. The van der Waals surface area contributed by atoms with Gasteiger partial charge in [-0.25, -0.2) is 9.59 Å². The Kier molecular flexibility index (Phi) is 6.72. The maximum atomic E-state index is 11.8. The molecule has 0 aliphatic rings. The lowest BCUT2D eigenvalue weighted by Gasteiger charge is -2.19. The number of ether oxygens (including phenoxy) is 1. The molecule has 0 saturated carbocycles. The van der Waals surface area contributed by atoms with E-state index in [1.807, 2.05) is 19.1 Å². The molecule has 0 radical (unpaired) electrons. The zero-order valence-electron chi connectivity index (χ0n) is 12.8. The average molecular weight is 293 g/mol. The van der Waals surface area contributed by atoms with Crippen LogP contribution >= 0.6 is 0 Å². The minimum Gasteiger partial charge on any atom is -0.480 e. The van der Waals surface area contributed by atoms with E-state index in [9.17, 15) is 9.59 Å². The summed E-state index contributed by atoms with van der Waals surface area (Å²) in [6.07, 6.45) is 1.83. The molecule has 0 saturated heterocycles. The van der Waals surface area contributed by atoms with E-state index in [0.29, 0.717) is 12.2 Å². The second-order valence-corrected chi connectivity index (χ2v) is 5.13. The second kappa shape index (κ2) is 8.29. The Morgan fingerprint density at radius 1 is 1.33 bits per heavy atom. The molecule has 0 aromatic heterocycles. The van der Waals surface area contributed by atoms with Crippen LogP contribution in [0.1, 0.15) is 39.2 Å². The van der Waals surface area contributed by atoms with Crippen LogP contribution in [-0.4, -0.2) is 23.2 Å². The first-order valence-electron chi connectivity index (χ1n) is 7.28. The van der Waals surface area contributed by atoms with Crippen molar-refractivity contribution in [2.75, 3.05) is 0 Å². The maximum Gasteiger partial charge on any atom is 0.413 e. The summed E-state index contributed by atoms with van der Waals surface area (Å²) < 4.78 is 5.16. The Bertz CT molecular complexity index is 487. The number of aryl methyl sites for hydroxylation is 1. The number of nitrogens with one attached hydrogen (secondary N) is 1. The SMILES string of the molecule is CCCc1cccc(OC(=O)NC(C(=O)O)C(C)CC)c1. The van der Waals surface area contributed by atoms with Gasteiger partial charge >= 0.3 is 12.1 Å². The van der Waals surface area contributed by atoms with Crippen LogP contribution in [0.5, 0.6) is 5.75 Å². The van der Waals surface area contributed by atoms with Crippen molar-refractivity contribution in [1.82, 2.24) is 5.32 Å². The van der Waals surface area contributed by atoms with Gasteiger partial charge in [0.05, 0.1) is 0 Å². The van der Waals surface area contributed by atoms with E-state index in [4.69, 9.17) is 9.84 Å². The summed E-state index contributed by atoms with van der Waals surface area (Å²) in [4.78, 5) is 23.0. The zero-order chi connectivity index (χ0) is 15.8. The number of carboxylic acid groups (broad SMARTS) is 1. The van der Waals surface area contributed by atoms with Crippen molar-refractivity contribution in [3.05, 3.63) is 29.8 Å². The summed E-state index contributed by atoms with van der Waals surface area (Å²) in [5.74, 6) is -0.797. The number of hydrogen-bond acceptors (Lipinski definition) is 3. The van der Waals surface area contributed by atoms with Crippen molar-refractivity contribution < 1.29 is 19.4 Å². The number of amides is 1. The molecule has 2 unspecified atom stereocenters. The van der Waals surface area contributed by atoms with Gasteiger partial charge in [-0.05, 0) is 30.0 Å². The fourth-order valence-electron chi connectivity index (χ4n) is 2.00. The van der Waals surface area contributed by atoms with Gasteiger partial charge in [0.2, 0.25) is 0 Å². The Balaban J connectivity index is 2.67. The smallest absolute Gasteiger partial charge is 0.413 e. The summed E-state index contributed by atoms with van der Waals surface area (Å²) in [5.41, 5.74) is 1.08. The molecule has 5 heteroatoms. The Morgan fingerprint density at radius 2 is 2.05 bits per heavy atom. The highest BCUT2D eigenvalue weighted by molar-refractivity contribution is 5.81. The summed E-state index contributed by atoms with van der Waals surface area (Å²) in [5, 5.41) is 11.5. The zero-order valence-corrected chi connectivity index (χ0v) is 12.8. The molecule has 5 nitrogen and oxygen atoms in total. The van der Waals surface area contributed by atoms with Gasteiger partial charge in [-0.2, -0.15) is 0 Å². The number of carbonyl (C=O) groups excluding carboxylic acids is 1. The Labute approximate surface area is 125 Å². The standard InChI is InChI=1S/C16H23NO4/c1-4-7-12-8-6-9-13(10-12)21-16(20)17-14(15(18)19)11(3)5-2/h6,8-11,14H,4-5,7H2,1-3H3,(H,17,20)(H,18,19). The lowest BCUT2D eigenvalue weighted by atomic mass is 10.00. The highest BCUT2D eigenvalue weighted by Gasteiger charge is 2.26. The van der Waals surface area contributed by atoms with Crippen LogP contribution in [0.25, 0.3) is 0 Å². The molecule has 0 aliphatic heterocycles. The molecule has 116 valence electrons. The molecule has 0 spiro atoms. The fraction of sp³-hybridized carbons (Fsp3) is 0.500. The third kappa shape index (κ3) is 5.45. The molecule has 1 aromatic rings. The van der Waals surface area contributed by atoms with Crippen LogP contribution in [0.4, 0.5) is 4.79 Å². The van der Waals surface area contributed by atoms with E-state index in [-0.39, 0.29) is 5.92 Å². The van der Waals surface area contributed by atoms with E-state index in [2.05, 4.69) is 12.2 Å². The summed E-state index contributed by atoms with van der Waals surface area (Å²) >= 11 is 0. The van der Waals surface area contributed by atoms with Crippen molar-refractivity contribution >= 4 is 12.1 Å². The van der Waals surface area contributed by atoms with Crippen LogP contribution < -0.4 is 10.1 Å². The maximum absolute atomic E-state index is 11.8. The number of aliphatic carboxylic acids is 1. The van der Waals surface area contributed by atoms with E-state index < -0.39 is 18.1 Å². The van der Waals surface area contributed by atoms with Gasteiger partial charge in [0.15, 0.2) is 0 Å². The minimum atomic E-state index is -1.05. The molecule has 0 bridgehead atoms. The largest absolute Gasteiger partial charge is 0.480 e. The van der Waals surface area contributed by atoms with E-state index >= 15 is 0 Å². The van der Waals surface area contributed by atoms with Crippen molar-refractivity contribution in [3.63, 3.8) is 0 Å². The van der Waals surface area contributed by atoms with Crippen LogP contribution in [0.15, 0.2) is 24.3 Å². The minimum absolute atomic E-state index is 0.165. The summed E-state index contributed by atoms with van der Waals surface area (Å²) in [6, 6.07) is 6.31. The first kappa shape index (κ1) is 17.0. The van der Waals surface area contributed by atoms with E-state index in [0.717, 1.165) is 18.4 Å². The van der Waals surface area contributed by atoms with Crippen molar-refractivity contribution in [3.8, 4) is 5.75 Å². The number of rotatable bonds is 7. The number of hydrogen-bond donors (Lipinski definition) is 2. The molecular weight excluding hydrogens is 270 g/mol. The molecule has 0 aliphatic carbocycles. The Hall–Kier alpha value is -2.04. The molecular formula is C16H23NO4. The quantitative estimate of drug-likeness (QED) is 0.809. The first-order valence-corrected chi connectivity index (χ1v) is 7.28. The van der Waals surface area contributed by atoms with Gasteiger partial charge in [-0.15, -0.1) is 0 Å². The average Bonchev–Trinajstić information content (AvgIpc) is 2.44. The van der Waals surface area contributed by atoms with E-state index in [1.54, 1.807) is 19.1 Å². The van der Waals surface area contributed by atoms with Gasteiger partial charge in [-0.1, -0.05) is 45.7 Å². The molecule has 1 rings (SSSR count). The van der Waals surface area contributed by atoms with Gasteiger partial charge in [-0.3, -0.25) is 0 Å². The molecule has 0 heterocycles. The van der Waals surface area contributed by atoms with Crippen molar-refractivity contribution in [1.29, 1.82) is 0 Å². The number of benzene rings is 1. The molecule has 0 fully saturated rings. The van der Waals surface area contributed by atoms with Crippen LogP contribution in [0.3, 0.4) is 0 Å². The predicted octanol–water partition coefficient (Wildman–Crippen LogP) is 3.23. The topological polar surface area (TPSA) is 75.6 Å². The third-order valence-corrected chi connectivity index (χ3v) is 3.40. The third-order valence-electron chi connectivity index (χ3n) is 3.40. The van der Waals surface area contributed by atoms with Gasteiger partial charge in [0.25, 0.3) is 0 Å². The molecule has 1 amide bonds. The predicted molar refractivity (Wildman–Crippen MR) is 80.5 cm³/mol. The monoisotopic (exact) mass is 293 g/mol. The Morgan fingerprint density at radius 3 is 2.62 bits per heavy atom. The van der Waals surface area contributed by atoms with Gasteiger partial charge in [0.1, 0.15) is 11.8 Å². The highest BCUT2D eigenvalue weighted by Crippen LogP contribution is 2.15. The van der Waals surface area contributed by atoms with Gasteiger partial charge in [0, 0.05) is 0 Å². The molecule has 2 atom stereocenters. The normalized spacial score (nSPS) is 13.3. The molecule has 2 N–H and O–H groups in total. The number of carbonyl (C=O) groups is 2. The van der Waals surface area contributed by atoms with Gasteiger partial charge < -0.3 is 15.2 Å². The van der Waals surface area contributed by atoms with Crippen LogP contribution in [-0.2, 0) is 11.2 Å². The highest BCUT2D eigenvalue weighted by atomic mass is 16.6. The first-order chi connectivity index (χ1) is 9.97. The summed E-state index contributed by atoms with van der Waals surface area (Å²) in [6.45, 7) is 5.73.